The van der Waals surface area contributed by atoms with Crippen LogP contribution in [0.1, 0.15) is 19.4 Å². The summed E-state index contributed by atoms with van der Waals surface area (Å²) in [6.07, 6.45) is 0. The number of allylic oxidation sites excluding steroid dienone is 1. The molecule has 0 fully saturated rings. The average molecular weight is 347 g/mol. The van der Waals surface area contributed by atoms with E-state index in [2.05, 4.69) is 0 Å². The first-order valence-electron chi connectivity index (χ1n) is 6.11. The monoisotopic (exact) mass is 346 g/mol. The molecule has 1 aromatic carbocycles. The number of urea groups is 1. The second kappa shape index (κ2) is 7.28. The van der Waals surface area contributed by atoms with E-state index in [1.165, 1.54) is 6.92 Å². The molecular weight excluding hydrogens is 332 g/mol. The Morgan fingerprint density at radius 1 is 1.27 bits per heavy atom. The topological polar surface area (TPSA) is 113 Å². The maximum atomic E-state index is 11.8. The van der Waals surface area contributed by atoms with E-state index in [0.29, 0.717) is 16.2 Å². The van der Waals surface area contributed by atoms with Gasteiger partial charge < -0.3 is 10.4 Å². The number of hydrogen-bond donors (Lipinski definition) is 3. The van der Waals surface area contributed by atoms with Crippen molar-refractivity contribution in [2.24, 2.45) is 0 Å². The SMILES string of the molecule is C/C(=C\S(=O)(=O)NC(=O)NC(C)C(=O)O)c1ccc(Cl)cc1. The highest BCUT2D eigenvalue weighted by Crippen LogP contribution is 2.17. The van der Waals surface area contributed by atoms with Gasteiger partial charge in [0.25, 0.3) is 10.0 Å². The van der Waals surface area contributed by atoms with Crippen LogP contribution in [-0.4, -0.2) is 31.6 Å². The highest BCUT2D eigenvalue weighted by molar-refractivity contribution is 7.93. The molecule has 0 bridgehead atoms. The first-order valence-corrected chi connectivity index (χ1v) is 8.03. The van der Waals surface area contributed by atoms with Crippen molar-refractivity contribution in [2.45, 2.75) is 19.9 Å². The molecule has 0 heterocycles. The molecule has 9 heteroatoms. The fourth-order valence-electron chi connectivity index (χ4n) is 1.46. The lowest BCUT2D eigenvalue weighted by Crippen LogP contribution is -2.45. The number of carbonyl (C=O) groups excluding carboxylic acids is 1. The van der Waals surface area contributed by atoms with E-state index in [9.17, 15) is 18.0 Å². The van der Waals surface area contributed by atoms with Gasteiger partial charge in [0.05, 0.1) is 5.41 Å². The van der Waals surface area contributed by atoms with E-state index in [1.54, 1.807) is 35.9 Å². The molecule has 2 amide bonds. The highest BCUT2D eigenvalue weighted by Gasteiger charge is 2.17. The van der Waals surface area contributed by atoms with Gasteiger partial charge in [0.1, 0.15) is 6.04 Å². The normalized spacial score (nSPS) is 13.3. The zero-order valence-electron chi connectivity index (χ0n) is 11.8. The van der Waals surface area contributed by atoms with Crippen LogP contribution in [0.3, 0.4) is 0 Å². The molecule has 7 nitrogen and oxygen atoms in total. The van der Waals surface area contributed by atoms with Crippen molar-refractivity contribution in [2.75, 3.05) is 0 Å². The van der Waals surface area contributed by atoms with E-state index in [0.717, 1.165) is 5.41 Å². The molecule has 120 valence electrons. The fraction of sp³-hybridized carbons (Fsp3) is 0.231. The predicted octanol–water partition coefficient (Wildman–Crippen LogP) is 1.80. The van der Waals surface area contributed by atoms with E-state index < -0.39 is 28.1 Å². The van der Waals surface area contributed by atoms with Gasteiger partial charge >= 0.3 is 12.0 Å². The molecule has 0 aromatic heterocycles. The molecule has 3 N–H and O–H groups in total. The maximum Gasteiger partial charge on any atom is 0.329 e. The number of benzene rings is 1. The lowest BCUT2D eigenvalue weighted by molar-refractivity contribution is -0.138. The van der Waals surface area contributed by atoms with Crippen molar-refractivity contribution in [3.63, 3.8) is 0 Å². The summed E-state index contributed by atoms with van der Waals surface area (Å²) in [7, 11) is -4.06. The Kier molecular flexibility index (Phi) is 5.95. The third-order valence-corrected chi connectivity index (χ3v) is 3.97. The molecule has 1 rings (SSSR count). The van der Waals surface area contributed by atoms with E-state index in [-0.39, 0.29) is 0 Å². The highest BCUT2D eigenvalue weighted by atomic mass is 35.5. The minimum Gasteiger partial charge on any atom is -0.480 e. The van der Waals surface area contributed by atoms with Gasteiger partial charge in [-0.05, 0) is 37.1 Å². The van der Waals surface area contributed by atoms with Crippen molar-refractivity contribution < 1.29 is 23.1 Å². The largest absolute Gasteiger partial charge is 0.480 e. The number of carboxylic acid groups (broad SMARTS) is 1. The minimum absolute atomic E-state index is 0.392. The smallest absolute Gasteiger partial charge is 0.329 e. The molecule has 1 aromatic rings. The molecule has 0 aliphatic carbocycles. The quantitative estimate of drug-likeness (QED) is 0.752. The molecule has 22 heavy (non-hydrogen) atoms. The number of amides is 2. The molecular formula is C13H15ClN2O5S. The Hall–Kier alpha value is -2.06. The van der Waals surface area contributed by atoms with Crippen LogP contribution >= 0.6 is 11.6 Å². The molecule has 1 atom stereocenters. The summed E-state index contributed by atoms with van der Waals surface area (Å²) in [6.45, 7) is 2.77. The van der Waals surface area contributed by atoms with Gasteiger partial charge in [-0.15, -0.1) is 0 Å². The van der Waals surface area contributed by atoms with Crippen molar-refractivity contribution in [1.29, 1.82) is 0 Å². The van der Waals surface area contributed by atoms with Crippen LogP contribution in [-0.2, 0) is 14.8 Å². The van der Waals surface area contributed by atoms with Crippen molar-refractivity contribution in [3.8, 4) is 0 Å². The molecule has 0 aliphatic heterocycles. The first kappa shape index (κ1) is 18.0. The Morgan fingerprint density at radius 3 is 2.32 bits per heavy atom. The predicted molar refractivity (Wildman–Crippen MR) is 82.8 cm³/mol. The molecule has 0 saturated heterocycles. The van der Waals surface area contributed by atoms with Gasteiger partial charge in [0.2, 0.25) is 0 Å². The summed E-state index contributed by atoms with van der Waals surface area (Å²) in [5, 5.41) is 12.0. The van der Waals surface area contributed by atoms with Crippen LogP contribution in [0.2, 0.25) is 5.02 Å². The minimum atomic E-state index is -4.06. The summed E-state index contributed by atoms with van der Waals surface area (Å²) in [4.78, 5) is 22.0. The van der Waals surface area contributed by atoms with Crippen molar-refractivity contribution in [1.82, 2.24) is 10.0 Å². The summed E-state index contributed by atoms with van der Waals surface area (Å²) >= 11 is 5.74. The van der Waals surface area contributed by atoms with Crippen molar-refractivity contribution >= 4 is 39.2 Å². The standard InChI is InChI=1S/C13H15ClN2O5S/c1-8(10-3-5-11(14)6-4-10)7-22(20,21)16-13(19)15-9(2)12(17)18/h3-7,9H,1-2H3,(H,17,18)(H2,15,16,19)/b8-7+. The first-order chi connectivity index (χ1) is 10.1. The summed E-state index contributed by atoms with van der Waals surface area (Å²) in [5.74, 6) is -1.28. The number of carbonyl (C=O) groups is 2. The van der Waals surface area contributed by atoms with Crippen LogP contribution in [0, 0.1) is 0 Å². The summed E-state index contributed by atoms with van der Waals surface area (Å²) in [6, 6.07) is 4.16. The summed E-state index contributed by atoms with van der Waals surface area (Å²) < 4.78 is 25.4. The maximum absolute atomic E-state index is 11.8. The van der Waals surface area contributed by atoms with Crippen molar-refractivity contribution in [3.05, 3.63) is 40.3 Å². The number of hydrogen-bond acceptors (Lipinski definition) is 4. The number of carboxylic acids is 1. The molecule has 0 radical (unpaired) electrons. The van der Waals surface area contributed by atoms with E-state index in [4.69, 9.17) is 16.7 Å². The van der Waals surface area contributed by atoms with Gasteiger partial charge in [0.15, 0.2) is 0 Å². The molecule has 0 aliphatic rings. The fourth-order valence-corrected chi connectivity index (χ4v) is 2.56. The van der Waals surface area contributed by atoms with Crippen LogP contribution in [0.4, 0.5) is 4.79 Å². The van der Waals surface area contributed by atoms with Crippen LogP contribution in [0.15, 0.2) is 29.7 Å². The Bertz CT molecular complexity index is 698. The Labute approximate surface area is 133 Å². The van der Waals surface area contributed by atoms with Crippen LogP contribution < -0.4 is 10.0 Å². The number of rotatable bonds is 5. The number of sulfonamides is 1. The lowest BCUT2D eigenvalue weighted by Gasteiger charge is -2.10. The average Bonchev–Trinajstić information content (AvgIpc) is 2.37. The van der Waals surface area contributed by atoms with Crippen LogP contribution in [0.25, 0.3) is 5.57 Å². The van der Waals surface area contributed by atoms with Crippen LogP contribution in [0.5, 0.6) is 0 Å². The molecule has 0 spiro atoms. The second-order valence-corrected chi connectivity index (χ2v) is 6.45. The van der Waals surface area contributed by atoms with Gasteiger partial charge in [-0.1, -0.05) is 23.7 Å². The Morgan fingerprint density at radius 2 is 1.82 bits per heavy atom. The third-order valence-electron chi connectivity index (χ3n) is 2.58. The molecule has 1 unspecified atom stereocenters. The number of nitrogens with one attached hydrogen (secondary N) is 2. The zero-order chi connectivity index (χ0) is 16.9. The van der Waals surface area contributed by atoms with E-state index >= 15 is 0 Å². The molecule has 0 saturated carbocycles. The van der Waals surface area contributed by atoms with E-state index in [1.807, 2.05) is 5.32 Å². The van der Waals surface area contributed by atoms with Gasteiger partial charge in [-0.2, -0.15) is 0 Å². The number of aliphatic carboxylic acids is 1. The Balaban J connectivity index is 2.82. The summed E-state index contributed by atoms with van der Waals surface area (Å²) in [5.41, 5.74) is 1.01. The van der Waals surface area contributed by atoms with Gasteiger partial charge in [-0.3, -0.25) is 4.79 Å². The lowest BCUT2D eigenvalue weighted by atomic mass is 10.1. The third kappa shape index (κ3) is 5.74. The van der Waals surface area contributed by atoms with Gasteiger partial charge in [-0.25, -0.2) is 17.9 Å². The number of halogens is 1. The zero-order valence-corrected chi connectivity index (χ0v) is 13.4. The van der Waals surface area contributed by atoms with Gasteiger partial charge in [0, 0.05) is 5.02 Å². The second-order valence-electron chi connectivity index (χ2n) is 4.49.